The molecule has 111 heavy (non-hydrogen) atoms. The fourth-order valence-electron chi connectivity index (χ4n) is 13.0. The zero-order chi connectivity index (χ0) is 80.4. The molecule has 7 aromatic rings. The van der Waals surface area contributed by atoms with Crippen LogP contribution in [0, 0.1) is 5.92 Å². The lowest BCUT2D eigenvalue weighted by Crippen LogP contribution is -2.62. The Kier molecular flexibility index (Phi) is 31.1. The number of urea groups is 1. The molecule has 4 heterocycles. The Labute approximate surface area is 644 Å². The molecule has 1 fully saturated rings. The average Bonchev–Trinajstić information content (AvgIpc) is 1.62. The summed E-state index contributed by atoms with van der Waals surface area (Å²) < 4.78 is 3.61. The van der Waals surface area contributed by atoms with Gasteiger partial charge in [-0.3, -0.25) is 62.3 Å². The molecule has 0 saturated carbocycles. The highest BCUT2D eigenvalue weighted by Gasteiger charge is 2.40. The zero-order valence-electron chi connectivity index (χ0n) is 62.3. The molecule has 1 saturated heterocycles. The van der Waals surface area contributed by atoms with Gasteiger partial charge in [-0.1, -0.05) is 111 Å². The number of hydrogen-bond donors (Lipinski definition) is 16. The monoisotopic (exact) mass is 1550 g/mol. The topological polar surface area (TPSA) is 511 Å². The Morgan fingerprint density at radius 1 is 0.532 bits per heavy atom. The number of thioether (sulfide) groups is 1. The molecule has 0 unspecified atom stereocenters. The number of aliphatic hydroxyl groups is 1. The summed E-state index contributed by atoms with van der Waals surface area (Å²) >= 11 is 0.813. The summed E-state index contributed by atoms with van der Waals surface area (Å²) in [6.45, 7) is 1.71. The lowest BCUT2D eigenvalue weighted by atomic mass is 9.99. The number of hydrogen-bond acceptors (Lipinski definition) is 17. The van der Waals surface area contributed by atoms with Gasteiger partial charge in [0.05, 0.1) is 37.3 Å². The SMILES string of the molecule is CC(C)C[C@@H]1NC(=O)[C@H](CC(N)=O)NC(=O)[C@H](Cc2c[nH]cn2)NC(=O)[C@H](Cc2ccccc2)NC(=O)CSC[C@@H](C(=O)NCC(N)=O)NC(=O)[C@H](Cc2cn(C)c3ccccc23)NC(=O)[C@H](CCCCNC(N)=O)NC(=O)[C@H](Cc2cn(C)c3ccccc23)NC(=O)[C@H](Cc2ccccc2)N(C)C(=O)[C@H](CO)NC1=O. The van der Waals surface area contributed by atoms with Crippen molar-refractivity contribution in [3.05, 3.63) is 162 Å². The van der Waals surface area contributed by atoms with E-state index in [0.717, 1.165) is 27.7 Å². The third-order valence-electron chi connectivity index (χ3n) is 18.6. The number of likely N-dealkylation sites (N-methyl/N-ethyl adjacent to an activating group) is 1. The number of aromatic amines is 1. The van der Waals surface area contributed by atoms with Gasteiger partial charge in [-0.15, -0.1) is 11.8 Å². The normalized spacial score (nSPS) is 21.7. The highest BCUT2D eigenvalue weighted by Crippen LogP contribution is 2.25. The number of benzene rings is 4. The molecule has 3 aromatic heterocycles. The van der Waals surface area contributed by atoms with Crippen molar-refractivity contribution in [2.45, 2.75) is 138 Å². The van der Waals surface area contributed by atoms with Gasteiger partial charge >= 0.3 is 6.03 Å². The molecule has 35 heteroatoms. The van der Waals surface area contributed by atoms with Crippen molar-refractivity contribution in [3.63, 3.8) is 0 Å². The molecule has 10 atom stereocenters. The van der Waals surface area contributed by atoms with E-state index in [-0.39, 0.29) is 75.9 Å². The van der Waals surface area contributed by atoms with Crippen LogP contribution in [-0.2, 0) is 109 Å². The third-order valence-corrected chi connectivity index (χ3v) is 19.6. The molecule has 15 amide bonds. The molecule has 4 aromatic carbocycles. The highest BCUT2D eigenvalue weighted by molar-refractivity contribution is 8.00. The number of nitrogens with zero attached hydrogens (tertiary/aromatic N) is 4. The van der Waals surface area contributed by atoms with E-state index in [4.69, 9.17) is 17.2 Å². The molecule has 1 aliphatic heterocycles. The predicted molar refractivity (Wildman–Crippen MR) is 411 cm³/mol. The number of H-pyrrole nitrogens is 1. The van der Waals surface area contributed by atoms with Crippen molar-refractivity contribution in [2.24, 2.45) is 37.2 Å². The maximum Gasteiger partial charge on any atom is 0.312 e. The van der Waals surface area contributed by atoms with Gasteiger partial charge in [0.2, 0.25) is 76.8 Å². The first-order chi connectivity index (χ1) is 53.0. The van der Waals surface area contributed by atoms with Gasteiger partial charge in [-0.25, -0.2) is 9.78 Å². The number of carbonyl (C=O) groups excluding carboxylic acids is 14. The van der Waals surface area contributed by atoms with Gasteiger partial charge < -0.3 is 99.8 Å². The van der Waals surface area contributed by atoms with E-state index in [9.17, 15) is 48.3 Å². The molecular formula is C76H97N19O15S. The lowest BCUT2D eigenvalue weighted by Gasteiger charge is -2.32. The van der Waals surface area contributed by atoms with Gasteiger partial charge in [-0.05, 0) is 66.0 Å². The van der Waals surface area contributed by atoms with Gasteiger partial charge in [0, 0.05) is 106 Å². The summed E-state index contributed by atoms with van der Waals surface area (Å²) in [4.78, 5) is 209. The molecule has 0 aliphatic carbocycles. The van der Waals surface area contributed by atoms with Gasteiger partial charge in [0.15, 0.2) is 0 Å². The van der Waals surface area contributed by atoms with Gasteiger partial charge in [0.1, 0.15) is 60.4 Å². The van der Waals surface area contributed by atoms with E-state index in [1.807, 2.05) is 28.8 Å². The summed E-state index contributed by atoms with van der Waals surface area (Å²) in [7, 11) is 4.80. The molecular weight excluding hydrogens is 1450 g/mol. The van der Waals surface area contributed by atoms with Crippen LogP contribution in [0.5, 0.6) is 0 Å². The minimum absolute atomic E-state index is 0.0449. The lowest BCUT2D eigenvalue weighted by molar-refractivity contribution is -0.144. The molecule has 0 spiro atoms. The predicted octanol–water partition coefficient (Wildman–Crippen LogP) is -1.80. The van der Waals surface area contributed by atoms with Crippen LogP contribution in [-0.4, -0.2) is 211 Å². The summed E-state index contributed by atoms with van der Waals surface area (Å²) in [5.74, 6) is -14.0. The Morgan fingerprint density at radius 2 is 1.01 bits per heavy atom. The molecule has 0 radical (unpaired) electrons. The largest absolute Gasteiger partial charge is 0.394 e. The minimum atomic E-state index is -1.84. The number of amides is 15. The third kappa shape index (κ3) is 24.9. The van der Waals surface area contributed by atoms with E-state index in [0.29, 0.717) is 33.0 Å². The number of aromatic nitrogens is 4. The van der Waals surface area contributed by atoms with E-state index in [2.05, 4.69) is 68.5 Å². The van der Waals surface area contributed by atoms with E-state index < -0.39 is 174 Å². The van der Waals surface area contributed by atoms with Gasteiger partial charge in [-0.2, -0.15) is 0 Å². The van der Waals surface area contributed by atoms with Crippen molar-refractivity contribution in [1.29, 1.82) is 0 Å². The molecule has 8 rings (SSSR count). The fraction of sp³-hybridized carbons (Fsp3) is 0.408. The number of imidazole rings is 1. The van der Waals surface area contributed by atoms with Crippen LogP contribution in [0.2, 0.25) is 0 Å². The Balaban J connectivity index is 1.24. The summed E-state index contributed by atoms with van der Waals surface area (Å²) in [6, 6.07) is 14.4. The zero-order valence-corrected chi connectivity index (χ0v) is 63.1. The van der Waals surface area contributed by atoms with Crippen molar-refractivity contribution >= 4 is 116 Å². The van der Waals surface area contributed by atoms with Crippen molar-refractivity contribution in [2.75, 3.05) is 38.2 Å². The van der Waals surface area contributed by atoms with Crippen LogP contribution in [0.3, 0.4) is 0 Å². The van der Waals surface area contributed by atoms with Crippen LogP contribution in [0.1, 0.15) is 73.9 Å². The Morgan fingerprint density at radius 3 is 1.55 bits per heavy atom. The number of aliphatic hydroxyl groups excluding tert-OH is 1. The average molecular weight is 1550 g/mol. The minimum Gasteiger partial charge on any atom is -0.394 e. The number of nitrogens with two attached hydrogens (primary N) is 3. The second-order valence-corrected chi connectivity index (χ2v) is 28.7. The summed E-state index contributed by atoms with van der Waals surface area (Å²) in [6.07, 6.45) is 4.18. The number of para-hydroxylation sites is 2. The molecule has 34 nitrogen and oxygen atoms in total. The number of nitrogens with one attached hydrogen (secondary N) is 12. The van der Waals surface area contributed by atoms with Crippen molar-refractivity contribution in [1.82, 2.24) is 82.5 Å². The second-order valence-electron chi connectivity index (χ2n) is 27.7. The number of primary amides is 3. The standard InChI is InChI=1S/C76H97N19O15S/c1-43(2)28-52-68(102)91-58(39-96)75(109)95(5)62(30-45-20-10-7-11-21-45)74(108)90-55(32-47-38-94(4)61-26-15-13-23-50(47)61)70(104)85-51(24-16-17-27-81-76(79)110)67(101)87-54(31-46-37-93(3)60-25-14-12-22-49(46)60)71(105)92-59(66(100)82-36-64(78)98)40-111-41-65(99)84-53(29-44-18-8-6-9-19-44)69(103)88-56(33-48-35-80-42-83-48)72(106)89-57(34-63(77)97)73(107)86-52/h6-15,18-23,25-26,35,37-38,42-43,51-59,62,96H,16-17,24,27-34,36,39-41H2,1-5H3,(H2,77,97)(H2,78,98)(H,80,83)(H,82,100)(H,84,99)(H,85,104)(H,86,107)(H,87,101)(H,88,103)(H,89,106)(H,90,108)(H,91,102)(H,92,105)(H3,79,81,110)/t51-,52-,53-,54-,55-,56-,57-,58-,59-,62-/m0/s1. The summed E-state index contributed by atoms with van der Waals surface area (Å²) in [5, 5.41) is 41.4. The van der Waals surface area contributed by atoms with E-state index >= 15 is 24.0 Å². The summed E-state index contributed by atoms with van der Waals surface area (Å²) in [5.41, 5.74) is 20.4. The number of rotatable bonds is 23. The van der Waals surface area contributed by atoms with Crippen LogP contribution in [0.4, 0.5) is 4.79 Å². The maximum atomic E-state index is 15.6. The smallest absolute Gasteiger partial charge is 0.312 e. The first-order valence-corrected chi connectivity index (χ1v) is 37.4. The van der Waals surface area contributed by atoms with Crippen LogP contribution >= 0.6 is 11.8 Å². The van der Waals surface area contributed by atoms with Crippen LogP contribution in [0.15, 0.2) is 134 Å². The Hall–Kier alpha value is -12.1. The van der Waals surface area contributed by atoms with Crippen LogP contribution < -0.4 is 75.7 Å². The highest BCUT2D eigenvalue weighted by atomic mass is 32.2. The molecule has 1 aliphatic rings. The number of aryl methyl sites for hydroxylation is 2. The fourth-order valence-corrected chi connectivity index (χ4v) is 13.8. The second kappa shape index (κ2) is 40.9. The van der Waals surface area contributed by atoms with Gasteiger partial charge in [0.25, 0.3) is 0 Å². The van der Waals surface area contributed by atoms with Crippen LogP contribution in [0.25, 0.3) is 21.8 Å². The number of fused-ring (bicyclic) bond motifs is 2. The molecule has 592 valence electrons. The number of carbonyl (C=O) groups is 14. The van der Waals surface area contributed by atoms with E-state index in [1.54, 1.807) is 130 Å². The first kappa shape index (κ1) is 84.5. The quantitative estimate of drug-likeness (QED) is 0.0314. The van der Waals surface area contributed by atoms with Crippen molar-refractivity contribution in [3.8, 4) is 0 Å². The molecule has 19 N–H and O–H groups in total. The van der Waals surface area contributed by atoms with E-state index in [1.165, 1.54) is 19.6 Å². The first-order valence-electron chi connectivity index (χ1n) is 36.2. The maximum absolute atomic E-state index is 15.6. The molecule has 0 bridgehead atoms. The number of unbranched alkanes of at least 4 members (excludes halogenated alkanes) is 1. The van der Waals surface area contributed by atoms with Crippen molar-refractivity contribution < 1.29 is 72.2 Å². The Bertz CT molecular complexity index is 4460.